The van der Waals surface area contributed by atoms with E-state index in [1.54, 1.807) is 24.3 Å². The van der Waals surface area contributed by atoms with Crippen molar-refractivity contribution in [2.45, 2.75) is 38.0 Å². The minimum absolute atomic E-state index is 0.115. The summed E-state index contributed by atoms with van der Waals surface area (Å²) in [5.41, 5.74) is 0.351. The summed E-state index contributed by atoms with van der Waals surface area (Å²) in [4.78, 5) is 18.5. The number of piperidine rings is 1. The first-order chi connectivity index (χ1) is 15.9. The van der Waals surface area contributed by atoms with Crippen LogP contribution in [-0.2, 0) is 14.8 Å². The molecule has 2 saturated heterocycles. The molecule has 0 aliphatic carbocycles. The number of sulfonamides is 1. The van der Waals surface area contributed by atoms with Crippen LogP contribution in [0.15, 0.2) is 26.9 Å². The summed E-state index contributed by atoms with van der Waals surface area (Å²) in [6, 6.07) is 3.88. The summed E-state index contributed by atoms with van der Waals surface area (Å²) in [6.45, 7) is 8.90. The molecular weight excluding hydrogens is 460 g/mol. The molecule has 0 atom stereocenters. The molecule has 2 fully saturated rings. The fourth-order valence-corrected chi connectivity index (χ4v) is 6.92. The molecular formula is C23H32N4O4S2. The summed E-state index contributed by atoms with van der Waals surface area (Å²) < 4.78 is 33.6. The maximum atomic E-state index is 13.4. The van der Waals surface area contributed by atoms with Crippen LogP contribution >= 0.6 is 11.3 Å². The van der Waals surface area contributed by atoms with Crippen molar-refractivity contribution in [1.29, 1.82) is 0 Å². The second-order valence-electron chi connectivity index (χ2n) is 8.66. The van der Waals surface area contributed by atoms with Gasteiger partial charge in [-0.15, -0.1) is 11.3 Å². The number of nitrogens with zero attached hydrogens (tertiary/aromatic N) is 4. The van der Waals surface area contributed by atoms with Crippen molar-refractivity contribution >= 4 is 39.4 Å². The number of thiophene rings is 1. The number of hydrogen-bond donors (Lipinski definition) is 0. The Morgan fingerprint density at radius 3 is 2.55 bits per heavy atom. The summed E-state index contributed by atoms with van der Waals surface area (Å²) in [6.07, 6.45) is 5.69. The standard InChI is InChI=1S/C23H32N4O4S2/c1-3-10-25-13-15-26(16-14-25)23(28)19-8-11-27(12-9-19)33(29,30)22-18(2)24-31-21(22)7-6-20-5-4-17-32-20/h4-7,17,19H,3,8-16H2,1-2H3/b7-6+. The van der Waals surface area contributed by atoms with Gasteiger partial charge in [-0.1, -0.05) is 18.1 Å². The Kier molecular flexibility index (Phi) is 7.68. The molecule has 4 rings (SSSR count). The third-order valence-electron chi connectivity index (χ3n) is 6.40. The third-order valence-corrected chi connectivity index (χ3v) is 9.30. The van der Waals surface area contributed by atoms with Crippen molar-refractivity contribution in [2.75, 3.05) is 45.8 Å². The van der Waals surface area contributed by atoms with E-state index < -0.39 is 10.0 Å². The van der Waals surface area contributed by atoms with Crippen LogP contribution in [-0.4, -0.2) is 79.4 Å². The number of aromatic nitrogens is 1. The Bertz CT molecular complexity index is 1060. The van der Waals surface area contributed by atoms with E-state index in [4.69, 9.17) is 4.52 Å². The predicted molar refractivity (Wildman–Crippen MR) is 129 cm³/mol. The molecule has 2 aromatic rings. The van der Waals surface area contributed by atoms with Crippen molar-refractivity contribution in [1.82, 2.24) is 19.3 Å². The molecule has 0 spiro atoms. The van der Waals surface area contributed by atoms with E-state index in [1.165, 1.54) is 4.31 Å². The second-order valence-corrected chi connectivity index (χ2v) is 11.5. The Labute approximate surface area is 199 Å². The topological polar surface area (TPSA) is 87.0 Å². The summed E-state index contributed by atoms with van der Waals surface area (Å²) >= 11 is 1.56. The molecule has 0 N–H and O–H groups in total. The van der Waals surface area contributed by atoms with E-state index in [0.29, 0.717) is 31.6 Å². The van der Waals surface area contributed by atoms with Gasteiger partial charge in [0.1, 0.15) is 5.69 Å². The highest BCUT2D eigenvalue weighted by Gasteiger charge is 2.37. The Balaban J connectivity index is 1.39. The normalized spacial score (nSPS) is 19.5. The number of amides is 1. The maximum Gasteiger partial charge on any atom is 0.248 e. The molecule has 2 aliphatic rings. The van der Waals surface area contributed by atoms with Gasteiger partial charge >= 0.3 is 0 Å². The average molecular weight is 493 g/mol. The van der Waals surface area contributed by atoms with Crippen LogP contribution in [0.4, 0.5) is 0 Å². The smallest absolute Gasteiger partial charge is 0.248 e. The number of carbonyl (C=O) groups is 1. The maximum absolute atomic E-state index is 13.4. The van der Waals surface area contributed by atoms with Crippen LogP contribution in [0, 0.1) is 12.8 Å². The van der Waals surface area contributed by atoms with E-state index in [2.05, 4.69) is 17.0 Å². The van der Waals surface area contributed by atoms with Gasteiger partial charge in [0.15, 0.2) is 10.7 Å². The fourth-order valence-electron chi connectivity index (χ4n) is 4.58. The van der Waals surface area contributed by atoms with Gasteiger partial charge in [0, 0.05) is 50.1 Å². The van der Waals surface area contributed by atoms with Gasteiger partial charge in [-0.25, -0.2) is 8.42 Å². The Hall–Kier alpha value is -2.01. The van der Waals surface area contributed by atoms with Crippen LogP contribution in [0.25, 0.3) is 12.2 Å². The van der Waals surface area contributed by atoms with Crippen molar-refractivity contribution in [3.8, 4) is 0 Å². The van der Waals surface area contributed by atoms with Gasteiger partial charge < -0.3 is 9.42 Å². The fraction of sp³-hybridized carbons (Fsp3) is 0.565. The predicted octanol–water partition coefficient (Wildman–Crippen LogP) is 3.17. The van der Waals surface area contributed by atoms with Gasteiger partial charge in [0.05, 0.1) is 0 Å². The van der Waals surface area contributed by atoms with Crippen LogP contribution in [0.2, 0.25) is 0 Å². The zero-order chi connectivity index (χ0) is 23.4. The molecule has 180 valence electrons. The summed E-state index contributed by atoms with van der Waals surface area (Å²) in [5.74, 6) is 0.295. The minimum atomic E-state index is -3.76. The first kappa shape index (κ1) is 24.1. The van der Waals surface area contributed by atoms with Crippen LogP contribution in [0.3, 0.4) is 0 Å². The number of aryl methyl sites for hydroxylation is 1. The number of piperazine rings is 1. The van der Waals surface area contributed by atoms with Crippen molar-refractivity contribution in [3.05, 3.63) is 33.8 Å². The van der Waals surface area contributed by atoms with E-state index in [9.17, 15) is 13.2 Å². The summed E-state index contributed by atoms with van der Waals surface area (Å²) in [7, 11) is -3.76. The molecule has 0 bridgehead atoms. The van der Waals surface area contributed by atoms with E-state index in [0.717, 1.165) is 44.0 Å². The summed E-state index contributed by atoms with van der Waals surface area (Å²) in [5, 5.41) is 5.87. The molecule has 2 aliphatic heterocycles. The Morgan fingerprint density at radius 2 is 1.91 bits per heavy atom. The number of hydrogen-bond acceptors (Lipinski definition) is 7. The highest BCUT2D eigenvalue weighted by atomic mass is 32.2. The van der Waals surface area contributed by atoms with Gasteiger partial charge in [-0.05, 0) is 56.3 Å². The molecule has 1 amide bonds. The largest absolute Gasteiger partial charge is 0.355 e. The van der Waals surface area contributed by atoms with E-state index in [-0.39, 0.29) is 22.5 Å². The lowest BCUT2D eigenvalue weighted by Crippen LogP contribution is -2.52. The lowest BCUT2D eigenvalue weighted by atomic mass is 9.96. The first-order valence-corrected chi connectivity index (χ1v) is 13.9. The van der Waals surface area contributed by atoms with Crippen LogP contribution in [0.1, 0.15) is 42.5 Å². The molecule has 0 radical (unpaired) electrons. The molecule has 2 aromatic heterocycles. The molecule has 4 heterocycles. The lowest BCUT2D eigenvalue weighted by Gasteiger charge is -2.38. The first-order valence-electron chi connectivity index (χ1n) is 11.6. The zero-order valence-electron chi connectivity index (χ0n) is 19.3. The SMILES string of the molecule is CCCN1CCN(C(=O)C2CCN(S(=O)(=O)c3c(C)noc3/C=C/c3cccs3)CC2)CC1. The van der Waals surface area contributed by atoms with Crippen LogP contribution in [0.5, 0.6) is 0 Å². The Morgan fingerprint density at radius 1 is 1.18 bits per heavy atom. The zero-order valence-corrected chi connectivity index (χ0v) is 20.9. The highest BCUT2D eigenvalue weighted by molar-refractivity contribution is 7.89. The average Bonchev–Trinajstić information content (AvgIpc) is 3.48. The van der Waals surface area contributed by atoms with Gasteiger partial charge in [0.2, 0.25) is 15.9 Å². The molecule has 33 heavy (non-hydrogen) atoms. The minimum Gasteiger partial charge on any atom is -0.355 e. The monoisotopic (exact) mass is 492 g/mol. The molecule has 0 aromatic carbocycles. The van der Waals surface area contributed by atoms with E-state index >= 15 is 0 Å². The lowest BCUT2D eigenvalue weighted by molar-refractivity contribution is -0.138. The number of rotatable bonds is 7. The van der Waals surface area contributed by atoms with Gasteiger partial charge in [-0.3, -0.25) is 9.69 Å². The molecule has 10 heteroatoms. The second kappa shape index (κ2) is 10.5. The third kappa shape index (κ3) is 5.40. The van der Waals surface area contributed by atoms with Gasteiger partial charge in [0.25, 0.3) is 0 Å². The quantitative estimate of drug-likeness (QED) is 0.590. The van der Waals surface area contributed by atoms with Crippen LogP contribution < -0.4 is 0 Å². The molecule has 0 unspecified atom stereocenters. The molecule has 0 saturated carbocycles. The van der Waals surface area contributed by atoms with Crippen molar-refractivity contribution in [3.63, 3.8) is 0 Å². The van der Waals surface area contributed by atoms with Crippen molar-refractivity contribution in [2.24, 2.45) is 5.92 Å². The van der Waals surface area contributed by atoms with Gasteiger partial charge in [-0.2, -0.15) is 4.31 Å². The highest BCUT2D eigenvalue weighted by Crippen LogP contribution is 2.30. The van der Waals surface area contributed by atoms with E-state index in [1.807, 2.05) is 28.5 Å². The van der Waals surface area contributed by atoms with Crippen molar-refractivity contribution < 1.29 is 17.7 Å². The molecule has 8 nitrogen and oxygen atoms in total. The number of carbonyl (C=O) groups excluding carboxylic acids is 1.